The normalized spacial score (nSPS) is 11.5. The van der Waals surface area contributed by atoms with Gasteiger partial charge in [0.05, 0.1) is 0 Å². The van der Waals surface area contributed by atoms with Gasteiger partial charge in [-0.15, -0.1) is 0 Å². The van der Waals surface area contributed by atoms with Gasteiger partial charge in [-0.2, -0.15) is 26.9 Å². The van der Waals surface area contributed by atoms with Crippen LogP contribution >= 0.6 is 0 Å². The van der Waals surface area contributed by atoms with Crippen LogP contribution in [-0.2, 0) is 6.18 Å². The Morgan fingerprint density at radius 2 is 1.86 bits per heavy atom. The number of ether oxygens (including phenoxy) is 1. The van der Waals surface area contributed by atoms with Gasteiger partial charge in [0.2, 0.25) is 5.82 Å². The number of nitrogens with one attached hydrogen (secondary N) is 1. The molecule has 0 radical (unpaired) electrons. The van der Waals surface area contributed by atoms with Crippen molar-refractivity contribution in [3.8, 4) is 17.1 Å². The van der Waals surface area contributed by atoms with Crippen LogP contribution in [0.3, 0.4) is 0 Å². The van der Waals surface area contributed by atoms with Crippen molar-refractivity contribution in [1.82, 2.24) is 15.5 Å². The molecule has 0 saturated carbocycles. The summed E-state index contributed by atoms with van der Waals surface area (Å²) in [6.45, 7) is -3.08. The zero-order chi connectivity index (χ0) is 16.3. The molecule has 1 N–H and O–H groups in total. The van der Waals surface area contributed by atoms with Gasteiger partial charge in [0.1, 0.15) is 5.75 Å². The molecule has 22 heavy (non-hydrogen) atoms. The van der Waals surface area contributed by atoms with Crippen molar-refractivity contribution in [3.05, 3.63) is 30.2 Å². The number of carbonyl (C=O) groups excluding carboxylic acids is 1. The van der Waals surface area contributed by atoms with Gasteiger partial charge in [-0.1, -0.05) is 5.16 Å². The summed E-state index contributed by atoms with van der Waals surface area (Å²) in [5.74, 6) is -1.92. The van der Waals surface area contributed by atoms with E-state index in [0.717, 1.165) is 0 Å². The first-order valence-electron chi connectivity index (χ1n) is 5.53. The van der Waals surface area contributed by atoms with Gasteiger partial charge in [0.15, 0.2) is 0 Å². The third-order valence-electron chi connectivity index (χ3n) is 2.22. The second kappa shape index (κ2) is 5.95. The van der Waals surface area contributed by atoms with Crippen LogP contribution in [0, 0.1) is 0 Å². The van der Waals surface area contributed by atoms with Crippen LogP contribution in [0.1, 0.15) is 5.89 Å². The molecule has 118 valence electrons. The average molecular weight is 323 g/mol. The first-order valence-corrected chi connectivity index (χ1v) is 5.53. The lowest BCUT2D eigenvalue weighted by Crippen LogP contribution is -2.31. The van der Waals surface area contributed by atoms with E-state index in [1.807, 2.05) is 0 Å². The molecule has 11 heteroatoms. The quantitative estimate of drug-likeness (QED) is 0.694. The lowest BCUT2D eigenvalue weighted by atomic mass is 10.2. The van der Waals surface area contributed by atoms with E-state index in [2.05, 4.69) is 19.4 Å². The summed E-state index contributed by atoms with van der Waals surface area (Å²) in [6.07, 6.45) is -6.14. The van der Waals surface area contributed by atoms with Crippen LogP contribution < -0.4 is 10.1 Å². The standard InChI is InChI=1S/C11H6F5N3O3/c12-9(13)18-10(20)21-6-3-1-5(2-4-6)7-17-8(22-19-7)11(14,15)16/h1-4,9H,(H,18,20). The zero-order valence-electron chi connectivity index (χ0n) is 10.4. The summed E-state index contributed by atoms with van der Waals surface area (Å²) in [5.41, 5.74) is 0.154. The molecule has 1 aromatic heterocycles. The minimum absolute atomic E-state index is 0.0959. The Morgan fingerprint density at radius 1 is 1.23 bits per heavy atom. The van der Waals surface area contributed by atoms with E-state index in [1.54, 1.807) is 0 Å². The lowest BCUT2D eigenvalue weighted by molar-refractivity contribution is -0.159. The number of carbonyl (C=O) groups is 1. The fourth-order valence-electron chi connectivity index (χ4n) is 1.35. The predicted octanol–water partition coefficient (Wildman–Crippen LogP) is 3.07. The molecule has 0 spiro atoms. The SMILES string of the molecule is O=C(NC(F)F)Oc1ccc(-c2noc(C(F)(F)F)n2)cc1. The number of hydrogen-bond acceptors (Lipinski definition) is 5. The molecule has 0 aliphatic rings. The minimum atomic E-state index is -4.76. The Labute approximate surface area is 118 Å². The molecular formula is C11H6F5N3O3. The predicted molar refractivity (Wildman–Crippen MR) is 59.9 cm³/mol. The number of amides is 1. The number of benzene rings is 1. The molecule has 2 rings (SSSR count). The van der Waals surface area contributed by atoms with Gasteiger partial charge < -0.3 is 9.26 Å². The highest BCUT2D eigenvalue weighted by atomic mass is 19.4. The molecular weight excluding hydrogens is 317 g/mol. The highest BCUT2D eigenvalue weighted by Crippen LogP contribution is 2.29. The van der Waals surface area contributed by atoms with Crippen molar-refractivity contribution in [2.45, 2.75) is 12.7 Å². The fraction of sp³-hybridized carbons (Fsp3) is 0.182. The van der Waals surface area contributed by atoms with E-state index >= 15 is 0 Å². The van der Waals surface area contributed by atoms with Crippen molar-refractivity contribution < 1.29 is 36.0 Å². The Kier molecular flexibility index (Phi) is 4.24. The molecule has 6 nitrogen and oxygen atoms in total. The average Bonchev–Trinajstić information content (AvgIpc) is 2.88. The molecule has 0 aliphatic heterocycles. The summed E-state index contributed by atoms with van der Waals surface area (Å²) in [6, 6.07) is 4.81. The maximum atomic E-state index is 12.3. The molecule has 1 aromatic carbocycles. The topological polar surface area (TPSA) is 77.2 Å². The Hall–Kier alpha value is -2.72. The number of halogens is 5. The van der Waals surface area contributed by atoms with Crippen LogP contribution in [-0.4, -0.2) is 22.8 Å². The second-order valence-electron chi connectivity index (χ2n) is 3.78. The molecule has 0 aliphatic carbocycles. The molecule has 0 atom stereocenters. The van der Waals surface area contributed by atoms with Gasteiger partial charge in [0.25, 0.3) is 0 Å². The van der Waals surface area contributed by atoms with E-state index in [1.165, 1.54) is 29.6 Å². The molecule has 0 fully saturated rings. The summed E-state index contributed by atoms with van der Waals surface area (Å²) in [4.78, 5) is 14.1. The van der Waals surface area contributed by atoms with E-state index in [0.29, 0.717) is 0 Å². The summed E-state index contributed by atoms with van der Waals surface area (Å²) in [5, 5.41) is 4.36. The minimum Gasteiger partial charge on any atom is -0.410 e. The monoisotopic (exact) mass is 323 g/mol. The maximum Gasteiger partial charge on any atom is 0.471 e. The molecule has 1 heterocycles. The number of aromatic nitrogens is 2. The van der Waals surface area contributed by atoms with Gasteiger partial charge >= 0.3 is 24.7 Å². The second-order valence-corrected chi connectivity index (χ2v) is 3.78. The van der Waals surface area contributed by atoms with Crippen LogP contribution in [0.5, 0.6) is 5.75 Å². The smallest absolute Gasteiger partial charge is 0.410 e. The van der Waals surface area contributed by atoms with Crippen molar-refractivity contribution >= 4 is 6.09 Å². The summed E-state index contributed by atoms with van der Waals surface area (Å²) >= 11 is 0. The van der Waals surface area contributed by atoms with Crippen molar-refractivity contribution in [2.24, 2.45) is 0 Å². The number of rotatable bonds is 3. The van der Waals surface area contributed by atoms with Crippen molar-refractivity contribution in [1.29, 1.82) is 0 Å². The highest BCUT2D eigenvalue weighted by Gasteiger charge is 2.38. The highest BCUT2D eigenvalue weighted by molar-refractivity contribution is 5.70. The summed E-state index contributed by atoms with van der Waals surface area (Å²) < 4.78 is 69.2. The van der Waals surface area contributed by atoms with Crippen LogP contribution in [0.15, 0.2) is 28.8 Å². The van der Waals surface area contributed by atoms with Gasteiger partial charge in [0, 0.05) is 5.56 Å². The first-order chi connectivity index (χ1) is 10.3. The van der Waals surface area contributed by atoms with E-state index < -0.39 is 24.7 Å². The Balaban J connectivity index is 2.09. The van der Waals surface area contributed by atoms with E-state index in [-0.39, 0.29) is 17.1 Å². The lowest BCUT2D eigenvalue weighted by Gasteiger charge is -2.05. The zero-order valence-corrected chi connectivity index (χ0v) is 10.4. The third-order valence-corrected chi connectivity index (χ3v) is 2.22. The summed E-state index contributed by atoms with van der Waals surface area (Å²) in [7, 11) is 0. The van der Waals surface area contributed by atoms with Gasteiger partial charge in [-0.25, -0.2) is 4.79 Å². The fourth-order valence-corrected chi connectivity index (χ4v) is 1.35. The van der Waals surface area contributed by atoms with Crippen molar-refractivity contribution in [2.75, 3.05) is 0 Å². The molecule has 0 saturated heterocycles. The maximum absolute atomic E-state index is 12.3. The van der Waals surface area contributed by atoms with Gasteiger partial charge in [-0.05, 0) is 24.3 Å². The molecule has 2 aromatic rings. The number of alkyl halides is 5. The number of hydrogen-bond donors (Lipinski definition) is 1. The number of nitrogens with zero attached hydrogens (tertiary/aromatic N) is 2. The first kappa shape index (κ1) is 15.7. The Morgan fingerprint density at radius 3 is 2.36 bits per heavy atom. The Bertz CT molecular complexity index is 654. The van der Waals surface area contributed by atoms with Crippen LogP contribution in [0.4, 0.5) is 26.7 Å². The third kappa shape index (κ3) is 3.90. The van der Waals surface area contributed by atoms with Crippen LogP contribution in [0.2, 0.25) is 0 Å². The molecule has 1 amide bonds. The largest absolute Gasteiger partial charge is 0.471 e. The van der Waals surface area contributed by atoms with Gasteiger partial charge in [-0.3, -0.25) is 5.32 Å². The molecule has 0 unspecified atom stereocenters. The van der Waals surface area contributed by atoms with E-state index in [9.17, 15) is 26.7 Å². The van der Waals surface area contributed by atoms with Crippen molar-refractivity contribution in [3.63, 3.8) is 0 Å². The molecule has 0 bridgehead atoms. The van der Waals surface area contributed by atoms with E-state index in [4.69, 9.17) is 0 Å². The van der Waals surface area contributed by atoms with Crippen LogP contribution in [0.25, 0.3) is 11.4 Å².